The lowest BCUT2D eigenvalue weighted by atomic mass is 10.0. The normalized spacial score (nSPS) is 17.1. The first-order chi connectivity index (χ1) is 9.97. The van der Waals surface area contributed by atoms with Gasteiger partial charge in [-0.1, -0.05) is 6.92 Å². The summed E-state index contributed by atoms with van der Waals surface area (Å²) in [5.41, 5.74) is 6.68. The van der Waals surface area contributed by atoms with Crippen molar-refractivity contribution in [2.24, 2.45) is 5.73 Å². The summed E-state index contributed by atoms with van der Waals surface area (Å²) in [6.45, 7) is 3.66. The predicted molar refractivity (Wildman–Crippen MR) is 79.6 cm³/mol. The Labute approximate surface area is 124 Å². The topological polar surface area (TPSA) is 64.3 Å². The molecule has 2 atom stereocenters. The van der Waals surface area contributed by atoms with Crippen LogP contribution >= 0.6 is 0 Å². The molecule has 116 valence electrons. The van der Waals surface area contributed by atoms with Crippen molar-refractivity contribution < 1.29 is 13.9 Å². The Hall–Kier alpha value is -1.62. The number of amides is 1. The molecule has 1 fully saturated rings. The number of halogens is 1. The largest absolute Gasteiger partial charge is 0.481 e. The summed E-state index contributed by atoms with van der Waals surface area (Å²) in [6, 6.07) is 4.78. The Morgan fingerprint density at radius 1 is 1.48 bits per heavy atom. The molecule has 0 spiro atoms. The summed E-state index contributed by atoms with van der Waals surface area (Å²) in [4.78, 5) is 11.8. The number of benzene rings is 1. The van der Waals surface area contributed by atoms with Crippen LogP contribution in [0.5, 0.6) is 5.75 Å². The molecule has 0 aliphatic heterocycles. The summed E-state index contributed by atoms with van der Waals surface area (Å²) < 4.78 is 19.2. The van der Waals surface area contributed by atoms with Gasteiger partial charge in [0.05, 0.1) is 0 Å². The molecular weight excluding hydrogens is 271 g/mol. The number of nitrogens with two attached hydrogens (primary N) is 1. The summed E-state index contributed by atoms with van der Waals surface area (Å²) in [7, 11) is 0. The second kappa shape index (κ2) is 6.89. The number of hydrogen-bond donors (Lipinski definition) is 2. The molecule has 1 saturated carbocycles. The van der Waals surface area contributed by atoms with Crippen molar-refractivity contribution in [1.82, 2.24) is 5.32 Å². The Bertz CT molecular complexity index is 503. The van der Waals surface area contributed by atoms with E-state index in [9.17, 15) is 9.18 Å². The molecule has 2 rings (SSSR count). The average molecular weight is 294 g/mol. The van der Waals surface area contributed by atoms with Crippen molar-refractivity contribution in [1.29, 1.82) is 0 Å². The van der Waals surface area contributed by atoms with Crippen LogP contribution in [0.4, 0.5) is 4.39 Å². The minimum atomic E-state index is -0.639. The van der Waals surface area contributed by atoms with Gasteiger partial charge in [0.1, 0.15) is 11.6 Å². The molecule has 2 unspecified atom stereocenters. The summed E-state index contributed by atoms with van der Waals surface area (Å²) in [6.07, 6.45) is 2.83. The molecule has 0 radical (unpaired) electrons. The average Bonchev–Trinajstić information content (AvgIpc) is 3.21. The van der Waals surface area contributed by atoms with Crippen LogP contribution in [0.3, 0.4) is 0 Å². The van der Waals surface area contributed by atoms with Gasteiger partial charge in [-0.25, -0.2) is 4.39 Å². The van der Waals surface area contributed by atoms with Gasteiger partial charge in [0, 0.05) is 18.2 Å². The molecule has 1 amide bonds. The minimum absolute atomic E-state index is 0.00441. The third kappa shape index (κ3) is 5.01. The van der Waals surface area contributed by atoms with Gasteiger partial charge in [-0.3, -0.25) is 4.79 Å². The molecule has 0 saturated heterocycles. The highest BCUT2D eigenvalue weighted by Gasteiger charge is 2.26. The van der Waals surface area contributed by atoms with E-state index in [2.05, 4.69) is 5.32 Å². The Morgan fingerprint density at radius 3 is 2.81 bits per heavy atom. The van der Waals surface area contributed by atoms with Gasteiger partial charge < -0.3 is 15.8 Å². The van der Waals surface area contributed by atoms with Gasteiger partial charge in [-0.15, -0.1) is 0 Å². The van der Waals surface area contributed by atoms with Crippen molar-refractivity contribution in [2.45, 2.75) is 57.7 Å². The fourth-order valence-corrected chi connectivity index (χ4v) is 2.06. The number of hydrogen-bond acceptors (Lipinski definition) is 3. The summed E-state index contributed by atoms with van der Waals surface area (Å²) >= 11 is 0. The predicted octanol–water partition coefficient (Wildman–Crippen LogP) is 2.15. The highest BCUT2D eigenvalue weighted by atomic mass is 19.1. The first-order valence-electron chi connectivity index (χ1n) is 7.50. The van der Waals surface area contributed by atoms with Crippen molar-refractivity contribution >= 4 is 5.91 Å². The molecule has 0 heterocycles. The van der Waals surface area contributed by atoms with Gasteiger partial charge in [-0.05, 0) is 50.3 Å². The molecular formula is C16H23FN2O2. The van der Waals surface area contributed by atoms with Crippen molar-refractivity contribution in [3.8, 4) is 5.75 Å². The second-order valence-corrected chi connectivity index (χ2v) is 5.71. The lowest BCUT2D eigenvalue weighted by molar-refractivity contribution is -0.127. The van der Waals surface area contributed by atoms with Crippen LogP contribution in [0, 0.1) is 5.82 Å². The van der Waals surface area contributed by atoms with Crippen LogP contribution in [-0.4, -0.2) is 24.1 Å². The molecule has 0 aromatic heterocycles. The maximum Gasteiger partial charge on any atom is 0.260 e. The van der Waals surface area contributed by atoms with Crippen molar-refractivity contribution in [3.63, 3.8) is 0 Å². The molecule has 1 aromatic carbocycles. The standard InChI is InChI=1S/C16H23FN2O2/c1-3-13(18)7-11-6-12(17)9-15(8-11)21-10(2)16(20)19-14-4-5-14/h6,8-10,13-14H,3-5,7,18H2,1-2H3,(H,19,20). The van der Waals surface area contributed by atoms with Gasteiger partial charge >= 0.3 is 0 Å². The van der Waals surface area contributed by atoms with Crippen LogP contribution in [0.25, 0.3) is 0 Å². The number of carbonyl (C=O) groups is 1. The van der Waals surface area contributed by atoms with Crippen LogP contribution in [0.15, 0.2) is 18.2 Å². The Morgan fingerprint density at radius 2 is 2.19 bits per heavy atom. The first kappa shape index (κ1) is 15.8. The third-order valence-corrected chi connectivity index (χ3v) is 3.56. The van der Waals surface area contributed by atoms with Crippen LogP contribution in [0.2, 0.25) is 0 Å². The van der Waals surface area contributed by atoms with Gasteiger partial charge in [0.25, 0.3) is 5.91 Å². The SMILES string of the molecule is CCC(N)Cc1cc(F)cc(OC(C)C(=O)NC2CC2)c1. The number of carbonyl (C=O) groups excluding carboxylic acids is 1. The van der Waals surface area contributed by atoms with E-state index in [1.165, 1.54) is 12.1 Å². The van der Waals surface area contributed by atoms with Crippen molar-refractivity contribution in [3.05, 3.63) is 29.6 Å². The fraction of sp³-hybridized carbons (Fsp3) is 0.562. The van der Waals surface area contributed by atoms with Crippen LogP contribution < -0.4 is 15.8 Å². The Balaban J connectivity index is 1.99. The highest BCUT2D eigenvalue weighted by molar-refractivity contribution is 5.81. The Kier molecular flexibility index (Phi) is 5.17. The van der Waals surface area contributed by atoms with Gasteiger partial charge in [0.15, 0.2) is 6.10 Å². The number of ether oxygens (including phenoxy) is 1. The van der Waals surface area contributed by atoms with Crippen LogP contribution in [0.1, 0.15) is 38.7 Å². The molecule has 3 N–H and O–H groups in total. The molecule has 21 heavy (non-hydrogen) atoms. The third-order valence-electron chi connectivity index (χ3n) is 3.56. The van der Waals surface area contributed by atoms with E-state index >= 15 is 0 Å². The molecule has 0 bridgehead atoms. The molecule has 5 heteroatoms. The monoisotopic (exact) mass is 294 g/mol. The first-order valence-corrected chi connectivity index (χ1v) is 7.50. The van der Waals surface area contributed by atoms with E-state index in [-0.39, 0.29) is 23.8 Å². The van der Waals surface area contributed by atoms with Gasteiger partial charge in [0.2, 0.25) is 0 Å². The molecule has 1 aliphatic rings. The summed E-state index contributed by atoms with van der Waals surface area (Å²) in [5, 5.41) is 2.87. The van der Waals surface area contributed by atoms with Crippen molar-refractivity contribution in [2.75, 3.05) is 0 Å². The highest BCUT2D eigenvalue weighted by Crippen LogP contribution is 2.21. The van der Waals surface area contributed by atoms with E-state index in [0.29, 0.717) is 12.2 Å². The van der Waals surface area contributed by atoms with E-state index in [4.69, 9.17) is 10.5 Å². The maximum absolute atomic E-state index is 13.6. The summed E-state index contributed by atoms with van der Waals surface area (Å²) in [5.74, 6) is -0.166. The molecule has 1 aliphatic carbocycles. The smallest absolute Gasteiger partial charge is 0.260 e. The van der Waals surface area contributed by atoms with E-state index in [0.717, 1.165) is 24.8 Å². The van der Waals surface area contributed by atoms with Crippen LogP contribution in [-0.2, 0) is 11.2 Å². The zero-order chi connectivity index (χ0) is 15.4. The lowest BCUT2D eigenvalue weighted by Crippen LogP contribution is -2.37. The zero-order valence-electron chi connectivity index (χ0n) is 12.6. The molecule has 4 nitrogen and oxygen atoms in total. The zero-order valence-corrected chi connectivity index (χ0v) is 12.6. The fourth-order valence-electron chi connectivity index (χ4n) is 2.06. The number of nitrogens with one attached hydrogen (secondary N) is 1. The van der Waals surface area contributed by atoms with E-state index < -0.39 is 6.10 Å². The van der Waals surface area contributed by atoms with Gasteiger partial charge in [-0.2, -0.15) is 0 Å². The maximum atomic E-state index is 13.6. The van der Waals surface area contributed by atoms with E-state index in [1.807, 2.05) is 6.92 Å². The quantitative estimate of drug-likeness (QED) is 0.810. The number of rotatable bonds is 7. The second-order valence-electron chi connectivity index (χ2n) is 5.71. The van der Waals surface area contributed by atoms with E-state index in [1.54, 1.807) is 13.0 Å². The minimum Gasteiger partial charge on any atom is -0.481 e. The lowest BCUT2D eigenvalue weighted by Gasteiger charge is -2.16. The molecule has 1 aromatic rings.